The first kappa shape index (κ1) is 44.8. The van der Waals surface area contributed by atoms with Gasteiger partial charge in [0.1, 0.15) is 17.1 Å². The number of piperazine rings is 1. The van der Waals surface area contributed by atoms with Crippen molar-refractivity contribution in [2.75, 3.05) is 50.7 Å². The molecule has 0 radical (unpaired) electrons. The third kappa shape index (κ3) is 7.39. The van der Waals surface area contributed by atoms with E-state index in [-0.39, 0.29) is 39.8 Å². The average molecular weight is 925 g/mol. The van der Waals surface area contributed by atoms with Gasteiger partial charge in [0.2, 0.25) is 0 Å². The normalized spacial score (nSPS) is 18.7. The van der Waals surface area contributed by atoms with Gasteiger partial charge in [-0.15, -0.1) is 0 Å². The first-order valence-electron chi connectivity index (χ1n) is 23.6. The van der Waals surface area contributed by atoms with Crippen molar-refractivity contribution in [1.82, 2.24) is 34.1 Å². The Labute approximate surface area is 391 Å². The maximum atomic E-state index is 14.2. The number of carbonyl (C=O) groups excluding carboxylic acids is 1. The van der Waals surface area contributed by atoms with Crippen LogP contribution < -0.4 is 16.1 Å². The lowest BCUT2D eigenvalue weighted by molar-refractivity contribution is -0.177. The quantitative estimate of drug-likeness (QED) is 0.0949. The number of aromatic hydroxyl groups is 2. The van der Waals surface area contributed by atoms with Crippen molar-refractivity contribution < 1.29 is 34.8 Å². The molecule has 1 unspecified atom stereocenters. The summed E-state index contributed by atoms with van der Waals surface area (Å²) in [5.41, 5.74) is 4.99. The third-order valence-electron chi connectivity index (χ3n) is 15.2. The number of benzene rings is 3. The number of likely N-dealkylation sites (tertiary alicyclic amines) is 1. The third-order valence-corrected chi connectivity index (χ3v) is 15.2. The van der Waals surface area contributed by atoms with Gasteiger partial charge in [-0.2, -0.15) is 5.10 Å². The van der Waals surface area contributed by atoms with E-state index in [1.54, 1.807) is 16.7 Å². The highest BCUT2D eigenvalue weighted by Crippen LogP contribution is 2.45. The van der Waals surface area contributed by atoms with Crippen molar-refractivity contribution >= 4 is 28.7 Å². The van der Waals surface area contributed by atoms with E-state index < -0.39 is 29.5 Å². The fraction of sp³-hybridized carbons (Fsp3) is 0.412. The molecule has 354 valence electrons. The number of phenols is 2. The van der Waals surface area contributed by atoms with Crippen molar-refractivity contribution in [2.45, 2.75) is 89.4 Å². The van der Waals surface area contributed by atoms with Gasteiger partial charge in [0, 0.05) is 67.5 Å². The summed E-state index contributed by atoms with van der Waals surface area (Å²) < 4.78 is 8.82. The van der Waals surface area contributed by atoms with Gasteiger partial charge in [-0.1, -0.05) is 33.8 Å². The molecule has 68 heavy (non-hydrogen) atoms. The highest BCUT2D eigenvalue weighted by Gasteiger charge is 2.47. The van der Waals surface area contributed by atoms with Crippen molar-refractivity contribution in [3.05, 3.63) is 115 Å². The summed E-state index contributed by atoms with van der Waals surface area (Å²) in [5, 5.41) is 49.6. The van der Waals surface area contributed by atoms with Crippen LogP contribution in [0, 0.1) is 0 Å². The van der Waals surface area contributed by atoms with Crippen LogP contribution >= 0.6 is 0 Å². The standard InChI is InChI=1S/C51H56N8O9/c1-5-51(6-2)42-37(44(62)47(64)68-51)26-39-43-31(28-58(39)46(42)63)23-30-24-32(7-12-38(30)52-43)50(14-17-57(18-15-50)49(66)67)13-16-55-19-21-56(22-20-55)33-8-10-34(11-9-33)59-45(53-54-48(59)65)36-25-35(29(3)4)40(60)27-41(36)61/h7-12,23-27,29,44,60-62H,5-6,13-22,28H2,1-4H3,(H,54,65)(H,66,67). The number of nitrogens with one attached hydrogen (secondary N) is 1. The van der Waals surface area contributed by atoms with Crippen molar-refractivity contribution in [3.63, 3.8) is 0 Å². The lowest BCUT2D eigenvalue weighted by atomic mass is 9.70. The van der Waals surface area contributed by atoms with E-state index >= 15 is 0 Å². The lowest BCUT2D eigenvalue weighted by Gasteiger charge is -2.44. The number of rotatable bonds is 10. The number of aliphatic hydroxyl groups excluding tert-OH is 1. The number of aliphatic hydroxyl groups is 1. The zero-order valence-electron chi connectivity index (χ0n) is 38.7. The molecule has 0 spiro atoms. The molecule has 0 saturated carbocycles. The zero-order valence-corrected chi connectivity index (χ0v) is 38.7. The highest BCUT2D eigenvalue weighted by molar-refractivity contribution is 5.86. The summed E-state index contributed by atoms with van der Waals surface area (Å²) >= 11 is 0. The van der Waals surface area contributed by atoms with Gasteiger partial charge >= 0.3 is 17.8 Å². The number of hydrogen-bond acceptors (Lipinski definition) is 12. The Balaban J connectivity index is 0.860. The Bertz CT molecular complexity index is 3100. The molecular weight excluding hydrogens is 869 g/mol. The SMILES string of the molecule is CCC1(CC)OC(=O)C(O)c2cc3n(c(=O)c21)Cc1cc2cc(C4(CCN5CCN(c6ccc(-n7c(-c8cc(C(C)C)c(O)cc8O)n[nH]c7=O)cc6)CC5)CCN(C(=O)O)CC4)ccc2nc1-3. The topological polar surface area (TPSA) is 220 Å². The summed E-state index contributed by atoms with van der Waals surface area (Å²) in [5.74, 6) is -0.745. The molecule has 3 aromatic heterocycles. The Morgan fingerprint density at radius 1 is 0.882 bits per heavy atom. The smallest absolute Gasteiger partial charge is 0.407 e. The number of phenolic OH excluding ortho intramolecular Hbond substituents is 2. The number of esters is 1. The number of fused-ring (bicyclic) bond motifs is 5. The molecule has 17 heteroatoms. The number of ether oxygens (including phenoxy) is 1. The van der Waals surface area contributed by atoms with E-state index in [0.717, 1.165) is 66.9 Å². The number of amides is 1. The van der Waals surface area contributed by atoms with E-state index in [9.17, 15) is 39.6 Å². The number of aromatic amines is 1. The maximum absolute atomic E-state index is 14.2. The monoisotopic (exact) mass is 924 g/mol. The summed E-state index contributed by atoms with van der Waals surface area (Å²) in [6, 6.07) is 20.8. The maximum Gasteiger partial charge on any atom is 0.407 e. The van der Waals surface area contributed by atoms with Gasteiger partial charge < -0.3 is 39.5 Å². The van der Waals surface area contributed by atoms with Crippen LogP contribution in [0.4, 0.5) is 10.5 Å². The van der Waals surface area contributed by atoms with Gasteiger partial charge in [0.15, 0.2) is 11.9 Å². The summed E-state index contributed by atoms with van der Waals surface area (Å²) in [7, 11) is 0. The van der Waals surface area contributed by atoms with E-state index in [0.29, 0.717) is 79.1 Å². The number of nitrogens with zero attached hydrogens (tertiary/aromatic N) is 7. The lowest BCUT2D eigenvalue weighted by Crippen LogP contribution is -2.49. The summed E-state index contributed by atoms with van der Waals surface area (Å²) in [4.78, 5) is 63.5. The molecule has 6 aromatic rings. The molecule has 0 aliphatic carbocycles. The fourth-order valence-electron chi connectivity index (χ4n) is 11.1. The molecule has 4 aliphatic heterocycles. The number of H-pyrrole nitrogens is 1. The molecule has 5 N–H and O–H groups in total. The second kappa shape index (κ2) is 17.0. The van der Waals surface area contributed by atoms with E-state index in [1.807, 2.05) is 58.0 Å². The number of anilines is 1. The zero-order chi connectivity index (χ0) is 47.8. The molecule has 2 saturated heterocycles. The van der Waals surface area contributed by atoms with Crippen LogP contribution in [0.2, 0.25) is 0 Å². The molecule has 7 heterocycles. The van der Waals surface area contributed by atoms with Crippen molar-refractivity contribution in [3.8, 4) is 40.0 Å². The molecule has 0 bridgehead atoms. The number of piperidine rings is 1. The molecule has 2 fully saturated rings. The Morgan fingerprint density at radius 3 is 2.26 bits per heavy atom. The summed E-state index contributed by atoms with van der Waals surface area (Å²) in [6.07, 6.45) is 0.517. The fourth-order valence-corrected chi connectivity index (χ4v) is 11.1. The number of hydrogen-bond donors (Lipinski definition) is 5. The van der Waals surface area contributed by atoms with Gasteiger partial charge in [-0.3, -0.25) is 9.69 Å². The van der Waals surface area contributed by atoms with Crippen molar-refractivity contribution in [1.29, 1.82) is 0 Å². The van der Waals surface area contributed by atoms with Crippen LogP contribution in [0.3, 0.4) is 0 Å². The molecule has 3 aromatic carbocycles. The first-order valence-corrected chi connectivity index (χ1v) is 23.6. The minimum absolute atomic E-state index is 0.0214. The van der Waals surface area contributed by atoms with E-state index in [2.05, 4.69) is 38.2 Å². The highest BCUT2D eigenvalue weighted by atomic mass is 16.6. The van der Waals surface area contributed by atoms with E-state index in [4.69, 9.17) is 9.72 Å². The Kier molecular flexibility index (Phi) is 11.2. The van der Waals surface area contributed by atoms with Crippen LogP contribution in [0.15, 0.2) is 76.3 Å². The largest absolute Gasteiger partial charge is 0.508 e. The molecule has 17 nitrogen and oxygen atoms in total. The number of carboxylic acid groups (broad SMARTS) is 1. The Hall–Kier alpha value is -6.98. The minimum atomic E-state index is -1.56. The van der Waals surface area contributed by atoms with Crippen LogP contribution in [-0.4, -0.2) is 112 Å². The van der Waals surface area contributed by atoms with Gasteiger partial charge in [-0.25, -0.2) is 29.0 Å². The van der Waals surface area contributed by atoms with E-state index in [1.165, 1.54) is 15.5 Å². The van der Waals surface area contributed by atoms with Crippen LogP contribution in [-0.2, 0) is 27.1 Å². The van der Waals surface area contributed by atoms with Crippen molar-refractivity contribution in [2.24, 2.45) is 0 Å². The van der Waals surface area contributed by atoms with Gasteiger partial charge in [0.25, 0.3) is 5.56 Å². The molecule has 4 aliphatic rings. The predicted octanol–water partition coefficient (Wildman–Crippen LogP) is 6.33. The van der Waals surface area contributed by atoms with Crippen LogP contribution in [0.5, 0.6) is 11.5 Å². The minimum Gasteiger partial charge on any atom is -0.508 e. The number of aromatic nitrogens is 5. The first-order chi connectivity index (χ1) is 32.6. The Morgan fingerprint density at radius 2 is 1.59 bits per heavy atom. The number of carbonyl (C=O) groups is 2. The van der Waals surface area contributed by atoms with Crippen LogP contribution in [0.1, 0.15) is 99.6 Å². The van der Waals surface area contributed by atoms with Gasteiger partial charge in [-0.05, 0) is 116 Å². The second-order valence-electron chi connectivity index (χ2n) is 19.1. The van der Waals surface area contributed by atoms with Gasteiger partial charge in [0.05, 0.1) is 40.3 Å². The molecule has 1 atom stereocenters. The number of cyclic esters (lactones) is 1. The predicted molar refractivity (Wildman–Crippen MR) is 255 cm³/mol. The number of pyridine rings is 2. The summed E-state index contributed by atoms with van der Waals surface area (Å²) in [6.45, 7) is 12.8. The molecule has 1 amide bonds. The molecular formula is C51H56N8O9. The second-order valence-corrected chi connectivity index (χ2v) is 19.1. The molecule has 10 rings (SSSR count). The average Bonchev–Trinajstić information content (AvgIpc) is 3.90. The van der Waals surface area contributed by atoms with Crippen LogP contribution in [0.25, 0.3) is 39.4 Å².